The molecule has 2 saturated carbocycles. The predicted octanol–water partition coefficient (Wildman–Crippen LogP) is 1.10. The van der Waals surface area contributed by atoms with Crippen molar-refractivity contribution in [2.24, 2.45) is 16.2 Å². The molecule has 1 aliphatic heterocycles. The third kappa shape index (κ3) is 0.420. The van der Waals surface area contributed by atoms with Crippen molar-refractivity contribution in [2.45, 2.75) is 39.2 Å². The summed E-state index contributed by atoms with van der Waals surface area (Å²) in [5, 5.41) is 9.47. The molecule has 14 heavy (non-hydrogen) atoms. The first kappa shape index (κ1) is 8.72. The van der Waals surface area contributed by atoms with Crippen molar-refractivity contribution in [1.29, 1.82) is 0 Å². The van der Waals surface area contributed by atoms with Gasteiger partial charge in [0, 0.05) is 10.8 Å². The largest absolute Gasteiger partial charge is 0.455 e. The third-order valence-corrected chi connectivity index (χ3v) is 5.59. The summed E-state index contributed by atoms with van der Waals surface area (Å²) in [7, 11) is 0. The van der Waals surface area contributed by atoms with Crippen molar-refractivity contribution in [2.75, 3.05) is 6.61 Å². The SMILES string of the molecule is CC1(C)C23CC[C@@]2(C)C(=O)O[C@]13CO. The molecule has 3 heteroatoms. The molecule has 0 aromatic carbocycles. The summed E-state index contributed by atoms with van der Waals surface area (Å²) in [4.78, 5) is 11.7. The molecule has 1 spiro atoms. The van der Waals surface area contributed by atoms with Crippen LogP contribution in [0.5, 0.6) is 0 Å². The fraction of sp³-hybridized carbons (Fsp3) is 0.909. The van der Waals surface area contributed by atoms with E-state index in [1.165, 1.54) is 0 Å². The predicted molar refractivity (Wildman–Crippen MR) is 49.5 cm³/mol. The minimum absolute atomic E-state index is 0.0265. The highest BCUT2D eigenvalue weighted by Crippen LogP contribution is 2.90. The standard InChI is InChI=1S/C11H16O3/c1-8(2)10-5-4-9(10,3)7(13)14-11(8,10)6-12/h12H,4-6H2,1-3H3/t9-,10?,11+/m0/s1. The van der Waals surface area contributed by atoms with Crippen LogP contribution in [0.25, 0.3) is 0 Å². The van der Waals surface area contributed by atoms with Gasteiger partial charge in [0.2, 0.25) is 0 Å². The number of hydrogen-bond acceptors (Lipinski definition) is 3. The van der Waals surface area contributed by atoms with Gasteiger partial charge >= 0.3 is 5.97 Å². The van der Waals surface area contributed by atoms with Gasteiger partial charge in [0.1, 0.15) is 5.60 Å². The van der Waals surface area contributed by atoms with Crippen LogP contribution < -0.4 is 0 Å². The molecule has 3 aliphatic rings. The Hall–Kier alpha value is -0.570. The summed E-state index contributed by atoms with van der Waals surface area (Å²) in [6, 6.07) is 0. The van der Waals surface area contributed by atoms with Crippen LogP contribution in [0.3, 0.4) is 0 Å². The summed E-state index contributed by atoms with van der Waals surface area (Å²) in [6.07, 6.45) is 1.93. The Bertz CT molecular complexity index is 348. The van der Waals surface area contributed by atoms with Crippen LogP contribution in [-0.2, 0) is 9.53 Å². The van der Waals surface area contributed by atoms with Gasteiger partial charge in [0.05, 0.1) is 12.0 Å². The van der Waals surface area contributed by atoms with Crippen LogP contribution in [0.2, 0.25) is 0 Å². The van der Waals surface area contributed by atoms with Gasteiger partial charge in [-0.15, -0.1) is 0 Å². The Balaban J connectivity index is 2.16. The molecule has 3 rings (SSSR count). The van der Waals surface area contributed by atoms with E-state index < -0.39 is 5.60 Å². The number of ether oxygens (including phenoxy) is 1. The van der Waals surface area contributed by atoms with Gasteiger partial charge in [0.25, 0.3) is 0 Å². The normalized spacial score (nSPS) is 57.0. The molecular weight excluding hydrogens is 180 g/mol. The zero-order valence-corrected chi connectivity index (χ0v) is 8.89. The van der Waals surface area contributed by atoms with Crippen LogP contribution in [-0.4, -0.2) is 23.3 Å². The summed E-state index contributed by atoms with van der Waals surface area (Å²) in [5.41, 5.74) is -1.00. The molecule has 0 aromatic rings. The molecule has 0 amide bonds. The fourth-order valence-electron chi connectivity index (χ4n) is 4.55. The van der Waals surface area contributed by atoms with Crippen molar-refractivity contribution in [3.8, 4) is 0 Å². The number of carbonyl (C=O) groups excluding carboxylic acids is 1. The third-order valence-electron chi connectivity index (χ3n) is 5.59. The lowest BCUT2D eigenvalue weighted by Crippen LogP contribution is -2.46. The van der Waals surface area contributed by atoms with Gasteiger partial charge in [0.15, 0.2) is 0 Å². The second-order valence-corrected chi connectivity index (χ2v) is 5.74. The van der Waals surface area contributed by atoms with Crippen LogP contribution in [0.4, 0.5) is 0 Å². The Kier molecular flexibility index (Phi) is 1.09. The van der Waals surface area contributed by atoms with Gasteiger partial charge in [-0.1, -0.05) is 13.8 Å². The molecule has 1 unspecified atom stereocenters. The van der Waals surface area contributed by atoms with E-state index in [0.29, 0.717) is 0 Å². The summed E-state index contributed by atoms with van der Waals surface area (Å²) in [6.45, 7) is 6.17. The molecule has 0 bridgehead atoms. The van der Waals surface area contributed by atoms with Crippen molar-refractivity contribution in [3.05, 3.63) is 0 Å². The quantitative estimate of drug-likeness (QED) is 0.639. The molecule has 1 heterocycles. The summed E-state index contributed by atoms with van der Waals surface area (Å²) < 4.78 is 5.48. The average molecular weight is 196 g/mol. The van der Waals surface area contributed by atoms with Gasteiger partial charge in [-0.2, -0.15) is 0 Å². The minimum atomic E-state index is -0.565. The lowest BCUT2D eigenvalue weighted by molar-refractivity contribution is -0.163. The smallest absolute Gasteiger partial charge is 0.313 e. The highest BCUT2D eigenvalue weighted by molar-refractivity contribution is 5.86. The van der Waals surface area contributed by atoms with E-state index in [9.17, 15) is 9.90 Å². The highest BCUT2D eigenvalue weighted by atomic mass is 16.6. The number of aliphatic hydroxyl groups is 1. The topological polar surface area (TPSA) is 46.5 Å². The van der Waals surface area contributed by atoms with E-state index in [2.05, 4.69) is 13.8 Å². The maximum absolute atomic E-state index is 11.7. The summed E-state index contributed by atoms with van der Waals surface area (Å²) >= 11 is 0. The molecule has 0 radical (unpaired) electrons. The maximum atomic E-state index is 11.7. The van der Waals surface area contributed by atoms with E-state index in [1.807, 2.05) is 6.92 Å². The van der Waals surface area contributed by atoms with Crippen LogP contribution in [0.15, 0.2) is 0 Å². The lowest BCUT2D eigenvalue weighted by atomic mass is 9.55. The van der Waals surface area contributed by atoms with Crippen LogP contribution >= 0.6 is 0 Å². The van der Waals surface area contributed by atoms with E-state index >= 15 is 0 Å². The number of esters is 1. The number of aliphatic hydroxyl groups excluding tert-OH is 1. The zero-order chi connectivity index (χ0) is 10.4. The lowest BCUT2D eigenvalue weighted by Gasteiger charge is -2.44. The van der Waals surface area contributed by atoms with E-state index in [-0.39, 0.29) is 28.8 Å². The first-order valence-corrected chi connectivity index (χ1v) is 5.24. The molecule has 3 nitrogen and oxygen atoms in total. The average Bonchev–Trinajstić information content (AvgIpc) is 2.51. The minimum Gasteiger partial charge on any atom is -0.455 e. The number of hydrogen-bond donors (Lipinski definition) is 1. The van der Waals surface area contributed by atoms with Crippen molar-refractivity contribution < 1.29 is 14.6 Å². The summed E-state index contributed by atoms with van der Waals surface area (Å²) in [5.74, 6) is -0.0999. The monoisotopic (exact) mass is 196 g/mol. The van der Waals surface area contributed by atoms with Gasteiger partial charge in [-0.3, -0.25) is 4.79 Å². The van der Waals surface area contributed by atoms with E-state index in [4.69, 9.17) is 4.74 Å². The Morgan fingerprint density at radius 3 is 2.36 bits per heavy atom. The second-order valence-electron chi connectivity index (χ2n) is 5.74. The van der Waals surface area contributed by atoms with Crippen molar-refractivity contribution in [3.63, 3.8) is 0 Å². The van der Waals surface area contributed by atoms with Crippen LogP contribution in [0.1, 0.15) is 33.6 Å². The number of rotatable bonds is 1. The molecule has 2 aliphatic carbocycles. The Morgan fingerprint density at radius 2 is 2.00 bits per heavy atom. The van der Waals surface area contributed by atoms with Crippen molar-refractivity contribution >= 4 is 5.97 Å². The highest BCUT2D eigenvalue weighted by Gasteiger charge is 2.98. The van der Waals surface area contributed by atoms with Gasteiger partial charge in [-0.25, -0.2) is 0 Å². The Labute approximate surface area is 83.4 Å². The van der Waals surface area contributed by atoms with Crippen molar-refractivity contribution in [1.82, 2.24) is 0 Å². The first-order chi connectivity index (χ1) is 6.40. The molecular formula is C11H16O3. The maximum Gasteiger partial charge on any atom is 0.313 e. The molecule has 3 atom stereocenters. The van der Waals surface area contributed by atoms with Gasteiger partial charge < -0.3 is 9.84 Å². The van der Waals surface area contributed by atoms with Gasteiger partial charge in [-0.05, 0) is 19.8 Å². The molecule has 0 aromatic heterocycles. The zero-order valence-electron chi connectivity index (χ0n) is 8.89. The molecule has 1 N–H and O–H groups in total. The molecule has 78 valence electrons. The Morgan fingerprint density at radius 1 is 1.36 bits per heavy atom. The van der Waals surface area contributed by atoms with E-state index in [1.54, 1.807) is 0 Å². The molecule has 3 fully saturated rings. The fourth-order valence-corrected chi connectivity index (χ4v) is 4.55. The number of carbonyl (C=O) groups is 1. The second kappa shape index (κ2) is 1.75. The first-order valence-electron chi connectivity index (χ1n) is 5.24. The van der Waals surface area contributed by atoms with E-state index in [0.717, 1.165) is 12.8 Å². The van der Waals surface area contributed by atoms with Crippen LogP contribution in [0, 0.1) is 16.2 Å². The molecule has 1 saturated heterocycles.